The molecule has 2 aromatic carbocycles. The summed E-state index contributed by atoms with van der Waals surface area (Å²) in [6, 6.07) is 14.8. The molecule has 4 rings (SSSR count). The van der Waals surface area contributed by atoms with E-state index in [0.717, 1.165) is 10.8 Å². The molecule has 0 unspecified atom stereocenters. The number of nitrogens with zero attached hydrogens (tertiary/aromatic N) is 2. The van der Waals surface area contributed by atoms with Crippen LogP contribution in [0.15, 0.2) is 60.9 Å². The van der Waals surface area contributed by atoms with Gasteiger partial charge in [0, 0.05) is 12.1 Å². The van der Waals surface area contributed by atoms with Gasteiger partial charge in [-0.25, -0.2) is 9.47 Å². The largest absolute Gasteiger partial charge is 0.268 e. The van der Waals surface area contributed by atoms with Crippen molar-refractivity contribution in [2.24, 2.45) is 7.05 Å². The number of rotatable bonds is 1. The van der Waals surface area contributed by atoms with E-state index in [2.05, 4.69) is 0 Å². The highest BCUT2D eigenvalue weighted by Gasteiger charge is 2.38. The molecule has 1 aliphatic rings. The second kappa shape index (κ2) is 4.49. The zero-order valence-electron chi connectivity index (χ0n) is 12.0. The maximum Gasteiger partial charge on any atom is 0.266 e. The van der Waals surface area contributed by atoms with Gasteiger partial charge in [-0.2, -0.15) is 0 Å². The number of hydrogen-bond acceptors (Lipinski definition) is 2. The van der Waals surface area contributed by atoms with E-state index >= 15 is 0 Å². The Balaban J connectivity index is 1.93. The first-order valence-corrected chi connectivity index (χ1v) is 7.02. The molecule has 1 aliphatic heterocycles. The number of benzene rings is 2. The third-order valence-corrected chi connectivity index (χ3v) is 4.00. The van der Waals surface area contributed by atoms with Crippen molar-refractivity contribution in [1.82, 2.24) is 0 Å². The minimum absolute atomic E-state index is 0.259. The first-order valence-electron chi connectivity index (χ1n) is 7.02. The highest BCUT2D eigenvalue weighted by atomic mass is 16.2. The van der Waals surface area contributed by atoms with Crippen LogP contribution in [0.3, 0.4) is 0 Å². The summed E-state index contributed by atoms with van der Waals surface area (Å²) in [5.74, 6) is -0.523. The molecule has 106 valence electrons. The van der Waals surface area contributed by atoms with Crippen molar-refractivity contribution < 1.29 is 14.2 Å². The maximum atomic E-state index is 12.8. The molecule has 0 aliphatic carbocycles. The number of amides is 2. The fourth-order valence-corrected chi connectivity index (χ4v) is 2.88. The Hall–Kier alpha value is -3.01. The van der Waals surface area contributed by atoms with Gasteiger partial charge in [-0.1, -0.05) is 30.3 Å². The predicted octanol–water partition coefficient (Wildman–Crippen LogP) is 2.46. The van der Waals surface area contributed by atoms with Crippen molar-refractivity contribution in [3.63, 3.8) is 0 Å². The second-order valence-electron chi connectivity index (χ2n) is 5.38. The molecule has 0 atom stereocenters. The molecule has 2 amide bonds. The van der Waals surface area contributed by atoms with E-state index in [-0.39, 0.29) is 11.8 Å². The molecule has 4 nitrogen and oxygen atoms in total. The van der Waals surface area contributed by atoms with Gasteiger partial charge in [0.25, 0.3) is 11.8 Å². The first-order chi connectivity index (χ1) is 10.7. The molecule has 0 N–H and O–H groups in total. The number of imide groups is 1. The number of anilines is 1. The molecule has 4 heteroatoms. The average Bonchev–Trinajstić information content (AvgIpc) is 2.80. The van der Waals surface area contributed by atoms with Gasteiger partial charge in [0.15, 0.2) is 12.4 Å². The molecule has 1 aromatic heterocycles. The summed E-state index contributed by atoms with van der Waals surface area (Å²) in [5, 5.41) is 1.78. The molecule has 3 aromatic rings. The van der Waals surface area contributed by atoms with Crippen LogP contribution in [0.25, 0.3) is 10.8 Å². The van der Waals surface area contributed by atoms with Gasteiger partial charge in [0.2, 0.25) is 0 Å². The van der Waals surface area contributed by atoms with Gasteiger partial charge in [-0.05, 0) is 16.8 Å². The van der Waals surface area contributed by atoms with Crippen LogP contribution in [-0.4, -0.2) is 11.8 Å². The second-order valence-corrected chi connectivity index (χ2v) is 5.38. The third-order valence-electron chi connectivity index (χ3n) is 4.00. The molecule has 22 heavy (non-hydrogen) atoms. The summed E-state index contributed by atoms with van der Waals surface area (Å²) >= 11 is 0. The Bertz CT molecular complexity index is 929. The lowest BCUT2D eigenvalue weighted by molar-refractivity contribution is -0.671. The lowest BCUT2D eigenvalue weighted by Gasteiger charge is -2.12. The van der Waals surface area contributed by atoms with Gasteiger partial charge >= 0.3 is 0 Å². The summed E-state index contributed by atoms with van der Waals surface area (Å²) in [5.41, 5.74) is 1.56. The molecule has 0 saturated carbocycles. The van der Waals surface area contributed by atoms with E-state index in [1.807, 2.05) is 54.3 Å². The normalized spacial score (nSPS) is 13.8. The van der Waals surface area contributed by atoms with Gasteiger partial charge in [-0.15, -0.1) is 0 Å². The van der Waals surface area contributed by atoms with E-state index in [9.17, 15) is 9.59 Å². The highest BCUT2D eigenvalue weighted by Crippen LogP contribution is 2.32. The third kappa shape index (κ3) is 1.67. The summed E-state index contributed by atoms with van der Waals surface area (Å²) in [6.45, 7) is 0. The van der Waals surface area contributed by atoms with E-state index in [4.69, 9.17) is 0 Å². The standard InChI is InChI=1S/C18H13N2O2/c1-19-10-8-13(9-11-19)20-17(21)15-7-6-12-4-2-3-5-14(12)16(15)18(20)22/h2-11H,1H3/q+1. The Morgan fingerprint density at radius 3 is 2.36 bits per heavy atom. The molecule has 0 saturated heterocycles. The van der Waals surface area contributed by atoms with Gasteiger partial charge in [0.05, 0.1) is 16.8 Å². The number of carbonyl (C=O) groups is 2. The van der Waals surface area contributed by atoms with Crippen molar-refractivity contribution in [1.29, 1.82) is 0 Å². The van der Waals surface area contributed by atoms with Crippen molar-refractivity contribution in [2.45, 2.75) is 0 Å². The average molecular weight is 289 g/mol. The van der Waals surface area contributed by atoms with Crippen molar-refractivity contribution >= 4 is 28.3 Å². The van der Waals surface area contributed by atoms with E-state index < -0.39 is 0 Å². The van der Waals surface area contributed by atoms with Crippen LogP contribution in [0.1, 0.15) is 20.7 Å². The zero-order chi connectivity index (χ0) is 15.3. The van der Waals surface area contributed by atoms with Crippen molar-refractivity contribution in [3.05, 3.63) is 72.1 Å². The molecule has 0 bridgehead atoms. The summed E-state index contributed by atoms with van der Waals surface area (Å²) in [7, 11) is 1.89. The van der Waals surface area contributed by atoms with Crippen LogP contribution in [0, 0.1) is 0 Å². The van der Waals surface area contributed by atoms with Crippen LogP contribution in [0.5, 0.6) is 0 Å². The van der Waals surface area contributed by atoms with E-state index in [0.29, 0.717) is 16.8 Å². The number of hydrogen-bond donors (Lipinski definition) is 0. The molecule has 2 heterocycles. The lowest BCUT2D eigenvalue weighted by atomic mass is 10.0. The van der Waals surface area contributed by atoms with Crippen LogP contribution in [0.4, 0.5) is 5.69 Å². The highest BCUT2D eigenvalue weighted by molar-refractivity contribution is 6.37. The molecular weight excluding hydrogens is 276 g/mol. The number of pyridine rings is 1. The predicted molar refractivity (Wildman–Crippen MR) is 82.7 cm³/mol. The smallest absolute Gasteiger partial charge is 0.266 e. The summed E-state index contributed by atoms with van der Waals surface area (Å²) in [6.07, 6.45) is 3.63. The molecular formula is C18H13N2O2+. The van der Waals surface area contributed by atoms with Gasteiger partial charge < -0.3 is 0 Å². The quantitative estimate of drug-likeness (QED) is 0.510. The number of aromatic nitrogens is 1. The lowest BCUT2D eigenvalue weighted by Crippen LogP contribution is -2.32. The molecule has 0 radical (unpaired) electrons. The number of aryl methyl sites for hydroxylation is 1. The van der Waals surface area contributed by atoms with Crippen LogP contribution in [0.2, 0.25) is 0 Å². The van der Waals surface area contributed by atoms with Crippen LogP contribution >= 0.6 is 0 Å². The topological polar surface area (TPSA) is 41.3 Å². The maximum absolute atomic E-state index is 12.8. The number of carbonyl (C=O) groups excluding carboxylic acids is 2. The Labute approximate surface area is 127 Å². The zero-order valence-corrected chi connectivity index (χ0v) is 12.0. The molecule has 0 fully saturated rings. The Morgan fingerprint density at radius 1 is 0.864 bits per heavy atom. The van der Waals surface area contributed by atoms with Crippen molar-refractivity contribution in [3.8, 4) is 0 Å². The number of fused-ring (bicyclic) bond motifs is 3. The summed E-state index contributed by atoms with van der Waals surface area (Å²) < 4.78 is 1.86. The first kappa shape index (κ1) is 12.7. The summed E-state index contributed by atoms with van der Waals surface area (Å²) in [4.78, 5) is 26.7. The van der Waals surface area contributed by atoms with E-state index in [1.165, 1.54) is 4.90 Å². The SMILES string of the molecule is C[n+]1ccc(N2C(=O)c3ccc4ccccc4c3C2=O)cc1. The minimum Gasteiger partial charge on any atom is -0.268 e. The van der Waals surface area contributed by atoms with E-state index in [1.54, 1.807) is 18.2 Å². The van der Waals surface area contributed by atoms with Crippen LogP contribution < -0.4 is 9.47 Å². The fourth-order valence-electron chi connectivity index (χ4n) is 2.88. The van der Waals surface area contributed by atoms with Gasteiger partial charge in [-0.3, -0.25) is 9.59 Å². The fraction of sp³-hybridized carbons (Fsp3) is 0.0556. The monoisotopic (exact) mass is 289 g/mol. The minimum atomic E-state index is -0.264. The Kier molecular flexibility index (Phi) is 2.60. The van der Waals surface area contributed by atoms with Gasteiger partial charge in [0.1, 0.15) is 7.05 Å². The van der Waals surface area contributed by atoms with Crippen LogP contribution in [-0.2, 0) is 7.05 Å². The van der Waals surface area contributed by atoms with Crippen molar-refractivity contribution in [2.75, 3.05) is 4.90 Å². The Morgan fingerprint density at radius 2 is 1.59 bits per heavy atom. The molecule has 0 spiro atoms.